The Balaban J connectivity index is 1.08. The Kier molecular flexibility index (Phi) is 14.4. The molecule has 10 rings (SSSR count). The number of rotatable bonds is 12. The molecule has 0 aliphatic heterocycles. The fourth-order valence-corrected chi connectivity index (χ4v) is 13.6. The van der Waals surface area contributed by atoms with Gasteiger partial charge in [0, 0.05) is 16.7 Å². The van der Waals surface area contributed by atoms with Crippen molar-refractivity contribution in [1.29, 1.82) is 0 Å². The molecule has 0 saturated heterocycles. The van der Waals surface area contributed by atoms with Crippen LogP contribution in [0.2, 0.25) is 0 Å². The maximum absolute atomic E-state index is 5.25. The molecule has 7 aromatic carbocycles. The number of aryl methyl sites for hydroxylation is 3. The second-order valence-electron chi connectivity index (χ2n) is 21.8. The van der Waals surface area contributed by atoms with Crippen LogP contribution in [-0.4, -0.2) is 0 Å². The van der Waals surface area contributed by atoms with Crippen molar-refractivity contribution in [2.45, 2.75) is 113 Å². The van der Waals surface area contributed by atoms with Gasteiger partial charge in [-0.3, -0.25) is 0 Å². The molecule has 0 heterocycles. The predicted molar refractivity (Wildman–Crippen MR) is 322 cm³/mol. The molecule has 4 atom stereocenters. The van der Waals surface area contributed by atoms with E-state index >= 15 is 0 Å². The molecule has 0 bridgehead atoms. The molecule has 0 amide bonds. The molecule has 0 nitrogen and oxygen atoms in total. The van der Waals surface area contributed by atoms with Gasteiger partial charge < -0.3 is 0 Å². The van der Waals surface area contributed by atoms with Crippen molar-refractivity contribution in [2.24, 2.45) is 11.8 Å². The molecular formula is C73H74S. The Morgan fingerprint density at radius 3 is 1.96 bits per heavy atom. The molecule has 7 aromatic rings. The summed E-state index contributed by atoms with van der Waals surface area (Å²) in [7, 11) is 0. The summed E-state index contributed by atoms with van der Waals surface area (Å²) in [5.74, 6) is 0.604. The summed E-state index contributed by atoms with van der Waals surface area (Å²) in [5, 5.41) is 0. The average Bonchev–Trinajstić information content (AvgIpc) is 3.71. The molecule has 4 unspecified atom stereocenters. The second-order valence-corrected chi connectivity index (χ2v) is 22.3. The first kappa shape index (κ1) is 50.8. The van der Waals surface area contributed by atoms with E-state index in [0.29, 0.717) is 5.92 Å². The zero-order valence-corrected chi connectivity index (χ0v) is 46.6. The Labute approximate surface area is 449 Å². The van der Waals surface area contributed by atoms with Crippen molar-refractivity contribution < 1.29 is 0 Å². The summed E-state index contributed by atoms with van der Waals surface area (Å²) < 4.78 is 0. The maximum Gasteiger partial charge on any atom is 0.0535 e. The van der Waals surface area contributed by atoms with Crippen molar-refractivity contribution >= 4 is 12.6 Å². The number of fused-ring (bicyclic) bond motifs is 3. The maximum atomic E-state index is 5.25. The van der Waals surface area contributed by atoms with Crippen LogP contribution < -0.4 is 0 Å². The van der Waals surface area contributed by atoms with E-state index in [-0.39, 0.29) is 11.8 Å². The quantitative estimate of drug-likeness (QED) is 0.0915. The summed E-state index contributed by atoms with van der Waals surface area (Å²) in [6.07, 6.45) is 18.0. The van der Waals surface area contributed by atoms with Gasteiger partial charge >= 0.3 is 0 Å². The molecular weight excluding hydrogens is 909 g/mol. The molecule has 3 aliphatic carbocycles. The van der Waals surface area contributed by atoms with Crippen LogP contribution in [0, 0.1) is 53.4 Å². The van der Waals surface area contributed by atoms with Crippen LogP contribution in [0.25, 0.3) is 33.4 Å². The first-order valence-electron chi connectivity index (χ1n) is 27.2. The monoisotopic (exact) mass is 983 g/mol. The van der Waals surface area contributed by atoms with E-state index in [1.165, 1.54) is 134 Å². The summed E-state index contributed by atoms with van der Waals surface area (Å²) in [6.45, 7) is 25.4. The van der Waals surface area contributed by atoms with E-state index < -0.39 is 5.41 Å². The van der Waals surface area contributed by atoms with Gasteiger partial charge in [0.25, 0.3) is 0 Å². The van der Waals surface area contributed by atoms with Crippen LogP contribution >= 0.6 is 12.6 Å². The number of hydrogen-bond acceptors (Lipinski definition) is 1. The van der Waals surface area contributed by atoms with Gasteiger partial charge in [-0.15, -0.1) is 12.6 Å². The first-order valence-corrected chi connectivity index (χ1v) is 27.7. The SMILES string of the molecule is C/C=C\C(=C/CC)C1=CC=C(C(c2ccc(-c3ccccc3)cc2)c2ccc(-c3ccccc3Cc3cccc4c3-c3c(C)cc(C)cc3C4(c3cc(C)c(C)c(C)c3C)C3C=C(S)C(C)=C(C)C3C)cc2)CC1. The highest BCUT2D eigenvalue weighted by atomic mass is 32.1. The molecule has 3 aliphatic rings. The van der Waals surface area contributed by atoms with Crippen LogP contribution in [0.3, 0.4) is 0 Å². The van der Waals surface area contributed by atoms with Gasteiger partial charge in [0.05, 0.1) is 5.41 Å². The van der Waals surface area contributed by atoms with E-state index in [1.807, 2.05) is 0 Å². The number of benzene rings is 7. The van der Waals surface area contributed by atoms with Gasteiger partial charge in [-0.25, -0.2) is 0 Å². The Hall–Kier alpha value is -6.67. The molecule has 0 N–H and O–H groups in total. The van der Waals surface area contributed by atoms with Crippen LogP contribution in [0.1, 0.15) is 132 Å². The molecule has 0 spiro atoms. The van der Waals surface area contributed by atoms with Gasteiger partial charge in [0.2, 0.25) is 0 Å². The Morgan fingerprint density at radius 2 is 1.28 bits per heavy atom. The van der Waals surface area contributed by atoms with E-state index in [9.17, 15) is 0 Å². The Bertz CT molecular complexity index is 3490. The van der Waals surface area contributed by atoms with Gasteiger partial charge in [-0.2, -0.15) is 0 Å². The standard InChI is InChI=1S/C73H74S/c1-12-20-54(21-13-2)56-28-34-59(35-29-56)71(60-36-30-57(31-37-60)55-22-15-14-16-23-55)61-38-32-58(33-39-61)64-26-18-17-24-62(64)43-63-25-19-27-65-72(63)70-47(5)40-45(3)41-68(70)73(65,66-42-46(4)48(6)49(7)51(66)9)67-44-69(74)53(11)50(8)52(67)10/h12,14-28,30-34,36-42,44,52,67,71,74H,13,29,35,43H2,1-11H3/b20-12-,54-21+. The first-order chi connectivity index (χ1) is 35.8. The Morgan fingerprint density at radius 1 is 0.622 bits per heavy atom. The fourth-order valence-electron chi connectivity index (χ4n) is 13.3. The summed E-state index contributed by atoms with van der Waals surface area (Å²) in [5.41, 5.74) is 32.2. The predicted octanol–water partition coefficient (Wildman–Crippen LogP) is 19.9. The largest absolute Gasteiger partial charge is 0.143 e. The molecule has 0 fully saturated rings. The van der Waals surface area contributed by atoms with Gasteiger partial charge in [-0.1, -0.05) is 207 Å². The highest BCUT2D eigenvalue weighted by Crippen LogP contribution is 2.63. The third kappa shape index (κ3) is 8.90. The summed E-state index contributed by atoms with van der Waals surface area (Å²) in [6, 6.07) is 53.5. The van der Waals surface area contributed by atoms with Gasteiger partial charge in [-0.05, 0) is 211 Å². The minimum Gasteiger partial charge on any atom is -0.143 e. The minimum atomic E-state index is -0.430. The van der Waals surface area contributed by atoms with Crippen molar-refractivity contribution in [2.75, 3.05) is 0 Å². The number of thiol groups is 1. The minimum absolute atomic E-state index is 0.148. The topological polar surface area (TPSA) is 0 Å². The van der Waals surface area contributed by atoms with Crippen molar-refractivity contribution in [1.82, 2.24) is 0 Å². The van der Waals surface area contributed by atoms with Crippen LogP contribution in [-0.2, 0) is 11.8 Å². The zero-order valence-electron chi connectivity index (χ0n) is 45.8. The average molecular weight is 983 g/mol. The normalized spacial score (nSPS) is 19.0. The van der Waals surface area contributed by atoms with E-state index in [1.54, 1.807) is 0 Å². The van der Waals surface area contributed by atoms with Crippen molar-refractivity contribution in [3.05, 3.63) is 281 Å². The smallest absolute Gasteiger partial charge is 0.0535 e. The van der Waals surface area contributed by atoms with Crippen LogP contribution in [0.15, 0.2) is 209 Å². The fraction of sp³-hybridized carbons (Fsp3) is 0.260. The molecule has 0 radical (unpaired) electrons. The molecule has 0 saturated carbocycles. The third-order valence-electron chi connectivity index (χ3n) is 17.7. The molecule has 372 valence electrons. The molecule has 1 heteroatoms. The van der Waals surface area contributed by atoms with E-state index in [4.69, 9.17) is 12.6 Å². The third-order valence-corrected chi connectivity index (χ3v) is 18.2. The molecule has 0 aromatic heterocycles. The molecule has 74 heavy (non-hydrogen) atoms. The number of hydrogen-bond donors (Lipinski definition) is 1. The van der Waals surface area contributed by atoms with Crippen LogP contribution in [0.5, 0.6) is 0 Å². The lowest BCUT2D eigenvalue weighted by molar-refractivity contribution is 0.356. The van der Waals surface area contributed by atoms with Gasteiger partial charge in [0.1, 0.15) is 0 Å². The van der Waals surface area contributed by atoms with E-state index in [2.05, 4.69) is 252 Å². The number of allylic oxidation sites excluding steroid dienone is 11. The van der Waals surface area contributed by atoms with Crippen LogP contribution in [0.4, 0.5) is 0 Å². The zero-order chi connectivity index (χ0) is 52.0. The lowest BCUT2D eigenvalue weighted by Crippen LogP contribution is -2.41. The van der Waals surface area contributed by atoms with Crippen molar-refractivity contribution in [3.63, 3.8) is 0 Å². The lowest BCUT2D eigenvalue weighted by Gasteiger charge is -2.46. The summed E-state index contributed by atoms with van der Waals surface area (Å²) in [4.78, 5) is 1.10. The summed E-state index contributed by atoms with van der Waals surface area (Å²) >= 11 is 5.25. The highest BCUT2D eigenvalue weighted by Gasteiger charge is 2.54. The van der Waals surface area contributed by atoms with Crippen molar-refractivity contribution in [3.8, 4) is 33.4 Å². The second kappa shape index (κ2) is 20.9. The van der Waals surface area contributed by atoms with Gasteiger partial charge in [0.15, 0.2) is 0 Å². The van der Waals surface area contributed by atoms with E-state index in [0.717, 1.165) is 30.6 Å². The highest BCUT2D eigenvalue weighted by molar-refractivity contribution is 7.84. The lowest BCUT2D eigenvalue weighted by atomic mass is 9.57.